The van der Waals surface area contributed by atoms with Crippen molar-refractivity contribution >= 4 is 0 Å². The van der Waals surface area contributed by atoms with Crippen LogP contribution >= 0.6 is 0 Å². The Morgan fingerprint density at radius 3 is 2.70 bits per heavy atom. The summed E-state index contributed by atoms with van der Waals surface area (Å²) in [6.45, 7) is 2.22. The molecule has 10 heavy (non-hydrogen) atoms. The van der Waals surface area contributed by atoms with Gasteiger partial charge in [-0.3, -0.25) is 0 Å². The van der Waals surface area contributed by atoms with Crippen molar-refractivity contribution in [1.82, 2.24) is 0 Å². The molecule has 1 heteroatoms. The van der Waals surface area contributed by atoms with E-state index in [1.54, 1.807) is 6.26 Å². The molecule has 0 rings (SSSR count). The highest BCUT2D eigenvalue weighted by Gasteiger charge is 1.83. The zero-order valence-electron chi connectivity index (χ0n) is 6.81. The fraction of sp³-hybridized carbons (Fsp3) is 0.667. The van der Waals surface area contributed by atoms with Gasteiger partial charge in [0.2, 0.25) is 0 Å². The highest BCUT2D eigenvalue weighted by atomic mass is 16.5. The molecule has 0 aromatic heterocycles. The van der Waals surface area contributed by atoms with Gasteiger partial charge < -0.3 is 4.74 Å². The summed E-state index contributed by atoms with van der Waals surface area (Å²) >= 11 is 0. The fourth-order valence-corrected chi connectivity index (χ4v) is 0.825. The average Bonchev–Trinajstić information content (AvgIpc) is 1.97. The normalized spacial score (nSPS) is 10.6. The summed E-state index contributed by atoms with van der Waals surface area (Å²) in [5, 5.41) is 0. The van der Waals surface area contributed by atoms with Crippen LogP contribution in [0.25, 0.3) is 0 Å². The molecular weight excluding hydrogens is 124 g/mol. The first kappa shape index (κ1) is 9.54. The van der Waals surface area contributed by atoms with Crippen LogP contribution < -0.4 is 0 Å². The molecule has 0 saturated carbocycles. The second-order valence-electron chi connectivity index (χ2n) is 2.39. The molecule has 0 atom stereocenters. The van der Waals surface area contributed by atoms with Gasteiger partial charge in [0.25, 0.3) is 0 Å². The minimum absolute atomic E-state index is 1.12. The molecule has 0 aliphatic carbocycles. The molecule has 0 bridgehead atoms. The Bertz CT molecular complexity index is 76.8. The van der Waals surface area contributed by atoms with Gasteiger partial charge in [-0.2, -0.15) is 0 Å². The lowest BCUT2D eigenvalue weighted by Gasteiger charge is -1.93. The summed E-state index contributed by atoms with van der Waals surface area (Å²) in [6.07, 6.45) is 10.0. The standard InChI is InChI=1S/C9H17O/c1-3-4-5-6-7-8-9-10-2/h8-9H,2-7H2,1H3/b9-8+. The van der Waals surface area contributed by atoms with E-state index in [2.05, 4.69) is 18.8 Å². The molecule has 1 radical (unpaired) electrons. The first-order valence-electron chi connectivity index (χ1n) is 3.97. The summed E-state index contributed by atoms with van der Waals surface area (Å²) in [5.41, 5.74) is 0. The molecule has 0 aliphatic heterocycles. The van der Waals surface area contributed by atoms with Gasteiger partial charge in [0.05, 0.1) is 6.26 Å². The molecule has 0 aliphatic rings. The molecule has 0 unspecified atom stereocenters. The van der Waals surface area contributed by atoms with E-state index >= 15 is 0 Å². The van der Waals surface area contributed by atoms with Crippen molar-refractivity contribution in [3.8, 4) is 0 Å². The second-order valence-corrected chi connectivity index (χ2v) is 2.39. The van der Waals surface area contributed by atoms with Gasteiger partial charge in [0.15, 0.2) is 0 Å². The minimum atomic E-state index is 1.12. The summed E-state index contributed by atoms with van der Waals surface area (Å²) in [7, 11) is 3.23. The van der Waals surface area contributed by atoms with E-state index in [4.69, 9.17) is 0 Å². The number of unbranched alkanes of at least 4 members (excludes halogenated alkanes) is 4. The van der Waals surface area contributed by atoms with Crippen LogP contribution in [0.1, 0.15) is 39.0 Å². The van der Waals surface area contributed by atoms with Crippen molar-refractivity contribution in [1.29, 1.82) is 0 Å². The molecule has 0 N–H and O–H groups in total. The summed E-state index contributed by atoms with van der Waals surface area (Å²) in [6, 6.07) is 0. The van der Waals surface area contributed by atoms with Crippen LogP contribution in [0, 0.1) is 7.11 Å². The number of allylic oxidation sites excluding steroid dienone is 1. The van der Waals surface area contributed by atoms with Gasteiger partial charge in [-0.1, -0.05) is 26.2 Å². The van der Waals surface area contributed by atoms with E-state index in [1.165, 1.54) is 25.7 Å². The Kier molecular flexibility index (Phi) is 8.15. The van der Waals surface area contributed by atoms with E-state index in [0.717, 1.165) is 6.42 Å². The Hall–Kier alpha value is -0.460. The highest BCUT2D eigenvalue weighted by Crippen LogP contribution is 2.02. The Balaban J connectivity index is 2.83. The van der Waals surface area contributed by atoms with Gasteiger partial charge in [0.1, 0.15) is 7.11 Å². The lowest BCUT2D eigenvalue weighted by atomic mass is 10.2. The van der Waals surface area contributed by atoms with Gasteiger partial charge >= 0.3 is 0 Å². The van der Waals surface area contributed by atoms with Crippen LogP contribution in [0.2, 0.25) is 0 Å². The maximum Gasteiger partial charge on any atom is 0.121 e. The third-order valence-electron chi connectivity index (χ3n) is 1.42. The zero-order chi connectivity index (χ0) is 7.66. The molecule has 0 saturated heterocycles. The smallest absolute Gasteiger partial charge is 0.121 e. The largest absolute Gasteiger partial charge is 0.498 e. The Labute approximate surface area is 64.1 Å². The average molecular weight is 141 g/mol. The summed E-state index contributed by atoms with van der Waals surface area (Å²) in [4.78, 5) is 0. The van der Waals surface area contributed by atoms with Crippen molar-refractivity contribution in [2.75, 3.05) is 0 Å². The second kappa shape index (κ2) is 8.54. The minimum Gasteiger partial charge on any atom is -0.498 e. The SMILES string of the molecule is [CH2]O/C=C/CCCCCC. The van der Waals surface area contributed by atoms with Crippen molar-refractivity contribution < 1.29 is 4.74 Å². The first-order chi connectivity index (χ1) is 4.91. The number of ether oxygens (including phenoxy) is 1. The molecule has 0 aromatic carbocycles. The van der Waals surface area contributed by atoms with E-state index in [9.17, 15) is 0 Å². The number of rotatable bonds is 6. The van der Waals surface area contributed by atoms with E-state index in [0.29, 0.717) is 0 Å². The van der Waals surface area contributed by atoms with Crippen LogP contribution in [-0.2, 0) is 4.74 Å². The number of hydrogen-bond acceptors (Lipinski definition) is 1. The van der Waals surface area contributed by atoms with Gasteiger partial charge in [-0.05, 0) is 18.9 Å². The predicted molar refractivity (Wildman–Crippen MR) is 44.3 cm³/mol. The molecule has 0 amide bonds. The van der Waals surface area contributed by atoms with E-state index in [-0.39, 0.29) is 0 Å². The summed E-state index contributed by atoms with van der Waals surface area (Å²) < 4.78 is 4.52. The molecule has 0 spiro atoms. The summed E-state index contributed by atoms with van der Waals surface area (Å²) in [5.74, 6) is 0. The lowest BCUT2D eigenvalue weighted by molar-refractivity contribution is 0.392. The third kappa shape index (κ3) is 7.54. The maximum absolute atomic E-state index is 4.52. The van der Waals surface area contributed by atoms with Gasteiger partial charge in [-0.25, -0.2) is 0 Å². The lowest BCUT2D eigenvalue weighted by Crippen LogP contribution is -1.73. The van der Waals surface area contributed by atoms with E-state index in [1.807, 2.05) is 6.08 Å². The molecular formula is C9H17O. The van der Waals surface area contributed by atoms with Gasteiger partial charge in [0, 0.05) is 0 Å². The molecule has 59 valence electrons. The topological polar surface area (TPSA) is 9.23 Å². The highest BCUT2D eigenvalue weighted by molar-refractivity contribution is 4.72. The van der Waals surface area contributed by atoms with Gasteiger partial charge in [-0.15, -0.1) is 0 Å². The van der Waals surface area contributed by atoms with Crippen LogP contribution in [-0.4, -0.2) is 0 Å². The van der Waals surface area contributed by atoms with Crippen LogP contribution in [0.5, 0.6) is 0 Å². The monoisotopic (exact) mass is 141 g/mol. The quantitative estimate of drug-likeness (QED) is 0.407. The first-order valence-corrected chi connectivity index (χ1v) is 3.97. The maximum atomic E-state index is 4.52. The van der Waals surface area contributed by atoms with E-state index < -0.39 is 0 Å². The van der Waals surface area contributed by atoms with Crippen molar-refractivity contribution in [2.45, 2.75) is 39.0 Å². The Morgan fingerprint density at radius 2 is 2.10 bits per heavy atom. The van der Waals surface area contributed by atoms with Crippen molar-refractivity contribution in [3.05, 3.63) is 19.4 Å². The van der Waals surface area contributed by atoms with Crippen molar-refractivity contribution in [3.63, 3.8) is 0 Å². The molecule has 1 nitrogen and oxygen atoms in total. The fourth-order valence-electron chi connectivity index (χ4n) is 0.825. The molecule has 0 fully saturated rings. The molecule has 0 aromatic rings. The van der Waals surface area contributed by atoms with Crippen LogP contribution in [0.15, 0.2) is 12.3 Å². The zero-order valence-corrected chi connectivity index (χ0v) is 6.81. The Morgan fingerprint density at radius 1 is 1.30 bits per heavy atom. The third-order valence-corrected chi connectivity index (χ3v) is 1.42. The van der Waals surface area contributed by atoms with Crippen LogP contribution in [0.3, 0.4) is 0 Å². The molecule has 0 heterocycles. The number of hydrogen-bond donors (Lipinski definition) is 0. The van der Waals surface area contributed by atoms with Crippen molar-refractivity contribution in [2.24, 2.45) is 0 Å². The van der Waals surface area contributed by atoms with Crippen LogP contribution in [0.4, 0.5) is 0 Å². The predicted octanol–water partition coefficient (Wildman–Crippen LogP) is 3.28.